The number of thiocarbonyl (C=S) groups is 1. The molecule has 2 N–H and O–H groups in total. The van der Waals surface area contributed by atoms with E-state index in [1.165, 1.54) is 4.88 Å². The van der Waals surface area contributed by atoms with E-state index in [2.05, 4.69) is 6.07 Å². The molecule has 1 amide bonds. The van der Waals surface area contributed by atoms with E-state index in [0.717, 1.165) is 12.8 Å². The van der Waals surface area contributed by atoms with E-state index in [0.29, 0.717) is 17.6 Å². The highest BCUT2D eigenvalue weighted by atomic mass is 32.1. The van der Waals surface area contributed by atoms with Crippen molar-refractivity contribution in [3.8, 4) is 0 Å². The molecule has 0 bridgehead atoms. The fourth-order valence-corrected chi connectivity index (χ4v) is 3.33. The van der Waals surface area contributed by atoms with Crippen molar-refractivity contribution in [2.75, 3.05) is 0 Å². The lowest BCUT2D eigenvalue weighted by atomic mass is 9.94. The summed E-state index contributed by atoms with van der Waals surface area (Å²) in [5.74, 6) is -0.0939. The second-order valence-electron chi connectivity index (χ2n) is 5.40. The average molecular weight is 296 g/mol. The molecule has 2 rings (SSSR count). The molecule has 0 aromatic carbocycles. The predicted octanol–water partition coefficient (Wildman–Crippen LogP) is 2.80. The Morgan fingerprint density at radius 1 is 1.58 bits per heavy atom. The van der Waals surface area contributed by atoms with E-state index in [4.69, 9.17) is 18.0 Å². The molecule has 104 valence electrons. The first-order valence-electron chi connectivity index (χ1n) is 6.63. The third kappa shape index (κ3) is 3.54. The van der Waals surface area contributed by atoms with Crippen molar-refractivity contribution in [2.24, 2.45) is 17.6 Å². The Kier molecular flexibility index (Phi) is 4.58. The van der Waals surface area contributed by atoms with Gasteiger partial charge in [0.05, 0.1) is 17.5 Å². The molecule has 1 fully saturated rings. The van der Waals surface area contributed by atoms with Gasteiger partial charge in [0.25, 0.3) is 0 Å². The van der Waals surface area contributed by atoms with Crippen molar-refractivity contribution in [2.45, 2.75) is 39.3 Å². The van der Waals surface area contributed by atoms with Gasteiger partial charge in [-0.15, -0.1) is 11.3 Å². The molecular weight excluding hydrogens is 276 g/mol. The molecule has 0 saturated heterocycles. The third-order valence-corrected chi connectivity index (χ3v) is 4.53. The molecule has 19 heavy (non-hydrogen) atoms. The summed E-state index contributed by atoms with van der Waals surface area (Å²) >= 11 is 6.76. The topological polar surface area (TPSA) is 46.3 Å². The number of hydrogen-bond acceptors (Lipinski definition) is 3. The minimum Gasteiger partial charge on any atom is -0.393 e. The van der Waals surface area contributed by atoms with Crippen LogP contribution >= 0.6 is 23.6 Å². The number of rotatable bonds is 6. The summed E-state index contributed by atoms with van der Waals surface area (Å²) in [6.07, 6.45) is 2.19. The second-order valence-corrected chi connectivity index (χ2v) is 6.90. The van der Waals surface area contributed by atoms with E-state index in [1.54, 1.807) is 11.3 Å². The molecule has 3 nitrogen and oxygen atoms in total. The predicted molar refractivity (Wildman–Crippen MR) is 83.0 cm³/mol. The highest BCUT2D eigenvalue weighted by Gasteiger charge is 2.37. The number of nitrogens with zero attached hydrogens (tertiary/aromatic N) is 1. The Hall–Kier alpha value is -0.940. The van der Waals surface area contributed by atoms with Gasteiger partial charge in [0.1, 0.15) is 0 Å². The first kappa shape index (κ1) is 14.5. The van der Waals surface area contributed by atoms with Gasteiger partial charge in [-0.1, -0.05) is 32.1 Å². The Morgan fingerprint density at radius 2 is 2.26 bits per heavy atom. The van der Waals surface area contributed by atoms with Crippen molar-refractivity contribution in [3.63, 3.8) is 0 Å². The minimum atomic E-state index is -0.337. The average Bonchev–Trinajstić information content (AvgIpc) is 3.02. The molecule has 0 aliphatic heterocycles. The lowest BCUT2D eigenvalue weighted by molar-refractivity contribution is -0.135. The molecule has 1 saturated carbocycles. The summed E-state index contributed by atoms with van der Waals surface area (Å²) < 4.78 is 0. The van der Waals surface area contributed by atoms with Crippen LogP contribution in [-0.4, -0.2) is 21.8 Å². The van der Waals surface area contributed by atoms with Crippen LogP contribution in [0.25, 0.3) is 0 Å². The Morgan fingerprint density at radius 3 is 2.68 bits per heavy atom. The summed E-state index contributed by atoms with van der Waals surface area (Å²) in [4.78, 5) is 16.2. The summed E-state index contributed by atoms with van der Waals surface area (Å²) in [5.41, 5.74) is 5.76. The van der Waals surface area contributed by atoms with Crippen LogP contribution in [-0.2, 0) is 11.3 Å². The third-order valence-electron chi connectivity index (χ3n) is 3.42. The summed E-state index contributed by atoms with van der Waals surface area (Å²) in [7, 11) is 0. The standard InChI is InChI=1S/C14H20N2OS2/c1-9(2)12(13(15)18)14(17)16(10-5-6-10)8-11-4-3-7-19-11/h3-4,7,9-10,12H,5-6,8H2,1-2H3,(H2,15,18). The molecule has 1 heterocycles. The maximum Gasteiger partial charge on any atom is 0.233 e. The van der Waals surface area contributed by atoms with Crippen molar-refractivity contribution in [1.29, 1.82) is 0 Å². The van der Waals surface area contributed by atoms with Crippen LogP contribution in [0.15, 0.2) is 17.5 Å². The van der Waals surface area contributed by atoms with Crippen molar-refractivity contribution in [3.05, 3.63) is 22.4 Å². The quantitative estimate of drug-likeness (QED) is 0.821. The van der Waals surface area contributed by atoms with Crippen LogP contribution < -0.4 is 5.73 Å². The van der Waals surface area contributed by atoms with E-state index < -0.39 is 0 Å². The molecule has 1 unspecified atom stereocenters. The van der Waals surface area contributed by atoms with Gasteiger partial charge in [-0.2, -0.15) is 0 Å². The lowest BCUT2D eigenvalue weighted by Crippen LogP contribution is -2.44. The molecule has 0 spiro atoms. The van der Waals surface area contributed by atoms with Crippen LogP contribution in [0.3, 0.4) is 0 Å². The first-order chi connectivity index (χ1) is 9.00. The smallest absolute Gasteiger partial charge is 0.233 e. The van der Waals surface area contributed by atoms with Gasteiger partial charge < -0.3 is 10.6 Å². The van der Waals surface area contributed by atoms with Gasteiger partial charge in [0.2, 0.25) is 5.91 Å². The second kappa shape index (κ2) is 6.01. The van der Waals surface area contributed by atoms with Gasteiger partial charge in [-0.05, 0) is 30.2 Å². The van der Waals surface area contributed by atoms with E-state index in [1.807, 2.05) is 30.2 Å². The van der Waals surface area contributed by atoms with Gasteiger partial charge in [-0.25, -0.2) is 0 Å². The lowest BCUT2D eigenvalue weighted by Gasteiger charge is -2.28. The van der Waals surface area contributed by atoms with Gasteiger partial charge in [0.15, 0.2) is 0 Å². The van der Waals surface area contributed by atoms with Gasteiger partial charge in [0, 0.05) is 10.9 Å². The minimum absolute atomic E-state index is 0.0957. The molecule has 0 radical (unpaired) electrons. The highest BCUT2D eigenvalue weighted by Crippen LogP contribution is 2.31. The molecule has 1 aromatic heterocycles. The van der Waals surface area contributed by atoms with Crippen LogP contribution in [0.2, 0.25) is 0 Å². The molecule has 1 aliphatic rings. The Balaban J connectivity index is 2.14. The van der Waals surface area contributed by atoms with E-state index in [9.17, 15) is 4.79 Å². The van der Waals surface area contributed by atoms with Crippen LogP contribution in [0, 0.1) is 11.8 Å². The van der Waals surface area contributed by atoms with Gasteiger partial charge >= 0.3 is 0 Å². The number of thiophene rings is 1. The van der Waals surface area contributed by atoms with E-state index in [-0.39, 0.29) is 17.7 Å². The molecule has 5 heteroatoms. The van der Waals surface area contributed by atoms with Crippen LogP contribution in [0.5, 0.6) is 0 Å². The fraction of sp³-hybridized carbons (Fsp3) is 0.571. The van der Waals surface area contributed by atoms with Crippen molar-refractivity contribution < 1.29 is 4.79 Å². The van der Waals surface area contributed by atoms with Crippen molar-refractivity contribution in [1.82, 2.24) is 4.90 Å². The zero-order valence-electron chi connectivity index (χ0n) is 11.3. The molecule has 1 aliphatic carbocycles. The number of carbonyl (C=O) groups is 1. The normalized spacial score (nSPS) is 16.4. The monoisotopic (exact) mass is 296 g/mol. The number of nitrogens with two attached hydrogens (primary N) is 1. The zero-order chi connectivity index (χ0) is 14.0. The largest absolute Gasteiger partial charge is 0.393 e. The molecule has 1 atom stereocenters. The SMILES string of the molecule is CC(C)C(C(=O)N(Cc1cccs1)C1CC1)C(N)=S. The van der Waals surface area contributed by atoms with Crippen molar-refractivity contribution >= 4 is 34.5 Å². The van der Waals surface area contributed by atoms with Gasteiger partial charge in [-0.3, -0.25) is 4.79 Å². The maximum absolute atomic E-state index is 12.7. The van der Waals surface area contributed by atoms with E-state index >= 15 is 0 Å². The summed E-state index contributed by atoms with van der Waals surface area (Å²) in [5, 5.41) is 2.04. The number of amides is 1. The highest BCUT2D eigenvalue weighted by molar-refractivity contribution is 7.80. The summed E-state index contributed by atoms with van der Waals surface area (Å²) in [6, 6.07) is 4.46. The molecule has 1 aromatic rings. The Bertz CT molecular complexity index is 452. The zero-order valence-corrected chi connectivity index (χ0v) is 13.0. The number of hydrogen-bond donors (Lipinski definition) is 1. The first-order valence-corrected chi connectivity index (χ1v) is 7.91. The molecular formula is C14H20N2OS2. The summed E-state index contributed by atoms with van der Waals surface area (Å²) in [6.45, 7) is 4.68. The fourth-order valence-electron chi connectivity index (χ4n) is 2.26. The van der Waals surface area contributed by atoms with Crippen LogP contribution in [0.4, 0.5) is 0 Å². The maximum atomic E-state index is 12.7. The van der Waals surface area contributed by atoms with Crippen LogP contribution in [0.1, 0.15) is 31.6 Å². The number of carbonyl (C=O) groups excluding carboxylic acids is 1. The Labute approximate surface area is 123 Å².